The van der Waals surface area contributed by atoms with Crippen LogP contribution >= 0.6 is 0 Å². The fourth-order valence-electron chi connectivity index (χ4n) is 2.52. The fourth-order valence-corrected chi connectivity index (χ4v) is 2.52. The summed E-state index contributed by atoms with van der Waals surface area (Å²) in [6.07, 6.45) is 0. The van der Waals surface area contributed by atoms with Gasteiger partial charge in [-0.15, -0.1) is 0 Å². The van der Waals surface area contributed by atoms with Crippen molar-refractivity contribution in [2.45, 2.75) is 13.5 Å². The zero-order chi connectivity index (χ0) is 17.3. The lowest BCUT2D eigenvalue weighted by Gasteiger charge is -2.04. The number of nitrogens with one attached hydrogen (secondary N) is 1. The van der Waals surface area contributed by atoms with E-state index in [0.717, 1.165) is 11.6 Å². The maximum Gasteiger partial charge on any atom is 0.308 e. The Labute approximate surface area is 137 Å². The quantitative estimate of drug-likeness (QED) is 0.579. The number of ether oxygens (including phenoxy) is 1. The second-order valence-electron chi connectivity index (χ2n) is 5.37. The minimum absolute atomic E-state index is 0.0315. The van der Waals surface area contributed by atoms with Gasteiger partial charge in [0.1, 0.15) is 17.4 Å². The highest BCUT2D eigenvalue weighted by atomic mass is 19.1. The van der Waals surface area contributed by atoms with Crippen molar-refractivity contribution in [2.75, 3.05) is 7.05 Å². The Bertz CT molecular complexity index is 918. The first-order valence-electron chi connectivity index (χ1n) is 7.33. The van der Waals surface area contributed by atoms with Gasteiger partial charge in [-0.1, -0.05) is 6.07 Å². The van der Waals surface area contributed by atoms with Gasteiger partial charge in [0, 0.05) is 24.9 Å². The molecule has 0 atom stereocenters. The van der Waals surface area contributed by atoms with Gasteiger partial charge in [0.05, 0.1) is 5.56 Å². The number of esters is 1. The summed E-state index contributed by atoms with van der Waals surface area (Å²) in [4.78, 5) is 11.1. The molecule has 0 aliphatic rings. The molecule has 0 unspecified atom stereocenters. The van der Waals surface area contributed by atoms with Crippen molar-refractivity contribution in [2.24, 2.45) is 0 Å². The van der Waals surface area contributed by atoms with E-state index in [-0.39, 0.29) is 22.7 Å². The lowest BCUT2D eigenvalue weighted by molar-refractivity contribution is -0.131. The highest BCUT2D eigenvalue weighted by molar-refractivity contribution is 5.89. The van der Waals surface area contributed by atoms with Crippen LogP contribution in [0.5, 0.6) is 5.75 Å². The van der Waals surface area contributed by atoms with Crippen molar-refractivity contribution in [3.63, 3.8) is 0 Å². The van der Waals surface area contributed by atoms with E-state index in [1.54, 1.807) is 19.2 Å². The van der Waals surface area contributed by atoms with Crippen molar-refractivity contribution < 1.29 is 22.7 Å². The van der Waals surface area contributed by atoms with E-state index in [1.807, 2.05) is 0 Å². The number of carbonyl (C=O) groups excluding carboxylic acids is 1. The second-order valence-corrected chi connectivity index (χ2v) is 5.37. The minimum Gasteiger partial charge on any atom is -0.452 e. The van der Waals surface area contributed by atoms with Crippen LogP contribution in [0.2, 0.25) is 0 Å². The van der Waals surface area contributed by atoms with E-state index in [1.165, 1.54) is 25.1 Å². The smallest absolute Gasteiger partial charge is 0.308 e. The standard InChI is InChI=1S/C18H15F2NO3/c1-10(22)23-17-8-13(19)6-12-7-16(24-18(12)17)14-4-3-11(9-21-2)5-15(14)20/h3-8,21H,9H2,1-2H3. The predicted molar refractivity (Wildman–Crippen MR) is 85.6 cm³/mol. The predicted octanol–water partition coefficient (Wildman–Crippen LogP) is 4.02. The lowest BCUT2D eigenvalue weighted by atomic mass is 10.1. The maximum atomic E-state index is 14.3. The van der Waals surface area contributed by atoms with E-state index in [4.69, 9.17) is 9.15 Å². The van der Waals surface area contributed by atoms with Gasteiger partial charge >= 0.3 is 5.97 Å². The molecule has 2 aromatic carbocycles. The molecule has 0 amide bonds. The third kappa shape index (κ3) is 3.14. The molecule has 0 saturated heterocycles. The molecule has 1 aromatic heterocycles. The molecular formula is C18H15F2NO3. The number of rotatable bonds is 4. The molecule has 0 aliphatic heterocycles. The Morgan fingerprint density at radius 1 is 1.21 bits per heavy atom. The van der Waals surface area contributed by atoms with Crippen molar-refractivity contribution in [1.29, 1.82) is 0 Å². The maximum absolute atomic E-state index is 14.3. The summed E-state index contributed by atoms with van der Waals surface area (Å²) in [7, 11) is 1.77. The Kier molecular flexibility index (Phi) is 4.31. The summed E-state index contributed by atoms with van der Waals surface area (Å²) in [6, 6.07) is 8.59. The molecule has 1 heterocycles. The first kappa shape index (κ1) is 16.1. The number of hydrogen-bond donors (Lipinski definition) is 1. The molecule has 4 nitrogen and oxygen atoms in total. The zero-order valence-corrected chi connectivity index (χ0v) is 13.2. The molecule has 0 saturated carbocycles. The molecule has 0 bridgehead atoms. The SMILES string of the molecule is CNCc1ccc(-c2cc3cc(F)cc(OC(C)=O)c3o2)c(F)c1. The van der Waals surface area contributed by atoms with E-state index in [2.05, 4.69) is 5.32 Å². The van der Waals surface area contributed by atoms with Crippen LogP contribution in [-0.4, -0.2) is 13.0 Å². The molecule has 6 heteroatoms. The van der Waals surface area contributed by atoms with Gasteiger partial charge in [0.25, 0.3) is 0 Å². The minimum atomic E-state index is -0.595. The van der Waals surface area contributed by atoms with Crippen molar-refractivity contribution >= 4 is 16.9 Å². The Hall–Kier alpha value is -2.73. The topological polar surface area (TPSA) is 51.5 Å². The summed E-state index contributed by atoms with van der Waals surface area (Å²) >= 11 is 0. The number of fused-ring (bicyclic) bond motifs is 1. The molecule has 1 N–H and O–H groups in total. The number of benzene rings is 2. The monoisotopic (exact) mass is 331 g/mol. The normalized spacial score (nSPS) is 11.0. The van der Waals surface area contributed by atoms with Gasteiger partial charge in [-0.3, -0.25) is 4.79 Å². The first-order valence-corrected chi connectivity index (χ1v) is 7.33. The third-order valence-corrected chi connectivity index (χ3v) is 3.48. The largest absolute Gasteiger partial charge is 0.452 e. The summed E-state index contributed by atoms with van der Waals surface area (Å²) < 4.78 is 38.6. The van der Waals surface area contributed by atoms with E-state index < -0.39 is 17.6 Å². The Balaban J connectivity index is 2.09. The zero-order valence-electron chi connectivity index (χ0n) is 13.2. The fraction of sp³-hybridized carbons (Fsp3) is 0.167. The van der Waals surface area contributed by atoms with E-state index in [9.17, 15) is 13.6 Å². The van der Waals surface area contributed by atoms with Crippen LogP contribution in [0.15, 0.2) is 40.8 Å². The van der Waals surface area contributed by atoms with E-state index in [0.29, 0.717) is 11.9 Å². The van der Waals surface area contributed by atoms with Gasteiger partial charge in [0.15, 0.2) is 11.3 Å². The van der Waals surface area contributed by atoms with Crippen LogP contribution in [0.4, 0.5) is 8.78 Å². The summed E-state index contributed by atoms with van der Waals surface area (Å²) in [5.41, 5.74) is 1.24. The van der Waals surface area contributed by atoms with Gasteiger partial charge in [0.2, 0.25) is 0 Å². The van der Waals surface area contributed by atoms with Crippen LogP contribution in [0.3, 0.4) is 0 Å². The summed E-state index contributed by atoms with van der Waals surface area (Å²) in [6.45, 7) is 1.75. The lowest BCUT2D eigenvalue weighted by Crippen LogP contribution is -2.05. The molecule has 124 valence electrons. The van der Waals surface area contributed by atoms with Crippen molar-refractivity contribution in [3.8, 4) is 17.1 Å². The number of hydrogen-bond acceptors (Lipinski definition) is 4. The number of furan rings is 1. The second kappa shape index (κ2) is 6.41. The van der Waals surface area contributed by atoms with Crippen LogP contribution in [0, 0.1) is 11.6 Å². The van der Waals surface area contributed by atoms with Crippen LogP contribution in [0.1, 0.15) is 12.5 Å². The molecule has 3 aromatic rings. The summed E-state index contributed by atoms with van der Waals surface area (Å²) in [5.74, 6) is -1.41. The van der Waals surface area contributed by atoms with Crippen molar-refractivity contribution in [3.05, 3.63) is 53.6 Å². The van der Waals surface area contributed by atoms with Gasteiger partial charge in [-0.25, -0.2) is 8.78 Å². The average molecular weight is 331 g/mol. The average Bonchev–Trinajstić information content (AvgIpc) is 2.90. The molecule has 0 fully saturated rings. The number of carbonyl (C=O) groups is 1. The summed E-state index contributed by atoms with van der Waals surface area (Å²) in [5, 5.41) is 3.33. The molecule has 3 rings (SSSR count). The van der Waals surface area contributed by atoms with Gasteiger partial charge in [-0.05, 0) is 36.9 Å². The highest BCUT2D eigenvalue weighted by Crippen LogP contribution is 2.35. The van der Waals surface area contributed by atoms with E-state index >= 15 is 0 Å². The molecule has 0 radical (unpaired) electrons. The third-order valence-electron chi connectivity index (χ3n) is 3.48. The van der Waals surface area contributed by atoms with Crippen LogP contribution < -0.4 is 10.1 Å². The highest BCUT2D eigenvalue weighted by Gasteiger charge is 2.16. The molecule has 24 heavy (non-hydrogen) atoms. The molecule has 0 spiro atoms. The van der Waals surface area contributed by atoms with Crippen LogP contribution in [-0.2, 0) is 11.3 Å². The Morgan fingerprint density at radius 3 is 2.67 bits per heavy atom. The first-order chi connectivity index (χ1) is 11.5. The number of halogens is 2. The van der Waals surface area contributed by atoms with Gasteiger partial charge in [-0.2, -0.15) is 0 Å². The Morgan fingerprint density at radius 2 is 2.00 bits per heavy atom. The molecule has 0 aliphatic carbocycles. The van der Waals surface area contributed by atoms with Crippen molar-refractivity contribution in [1.82, 2.24) is 5.32 Å². The molecular weight excluding hydrogens is 316 g/mol. The van der Waals surface area contributed by atoms with Gasteiger partial charge < -0.3 is 14.5 Å². The van der Waals surface area contributed by atoms with Crippen LogP contribution in [0.25, 0.3) is 22.3 Å².